The molecule has 1 aliphatic rings. The standard InChI is InChI=1S/C20H29NO6/c1-12(20(24)27-14(3)13(2)15-7-5-6-8-15)11-16(22)18-19(23)17(26-4)9-10-21(18)25/h9-10,12-15,23H,5-8,11H2,1-4H3/t12-,13-,14+/m1/s1. The maximum atomic E-state index is 12.5. The first-order chi connectivity index (χ1) is 12.8. The molecule has 3 atom stereocenters. The molecule has 0 radical (unpaired) electrons. The topological polar surface area (TPSA) is 99.8 Å². The van der Waals surface area contributed by atoms with Crippen LogP contribution in [0, 0.1) is 23.0 Å². The van der Waals surface area contributed by atoms with Crippen LogP contribution in [0.3, 0.4) is 0 Å². The van der Waals surface area contributed by atoms with Crippen LogP contribution in [0.15, 0.2) is 12.3 Å². The Labute approximate surface area is 159 Å². The third-order valence-corrected chi connectivity index (χ3v) is 5.60. The van der Waals surface area contributed by atoms with Crippen molar-refractivity contribution >= 4 is 11.8 Å². The molecule has 0 bridgehead atoms. The average Bonchev–Trinajstić information content (AvgIpc) is 3.15. The number of methoxy groups -OCH3 is 1. The number of ketones is 1. The molecular weight excluding hydrogens is 350 g/mol. The number of hydrogen-bond acceptors (Lipinski definition) is 6. The quantitative estimate of drug-likeness (QED) is 0.323. The molecule has 0 aromatic carbocycles. The van der Waals surface area contributed by atoms with Crippen LogP contribution in [0.2, 0.25) is 0 Å². The Balaban J connectivity index is 1.98. The van der Waals surface area contributed by atoms with Crippen molar-refractivity contribution in [3.8, 4) is 11.5 Å². The van der Waals surface area contributed by atoms with Crippen LogP contribution >= 0.6 is 0 Å². The highest BCUT2D eigenvalue weighted by Crippen LogP contribution is 2.34. The lowest BCUT2D eigenvalue weighted by Crippen LogP contribution is -2.35. The van der Waals surface area contributed by atoms with Gasteiger partial charge in [0.15, 0.2) is 11.9 Å². The summed E-state index contributed by atoms with van der Waals surface area (Å²) in [6, 6.07) is 1.27. The summed E-state index contributed by atoms with van der Waals surface area (Å²) in [6.45, 7) is 5.56. The minimum absolute atomic E-state index is 0.0275. The van der Waals surface area contributed by atoms with Crippen LogP contribution in [0.5, 0.6) is 11.5 Å². The summed E-state index contributed by atoms with van der Waals surface area (Å²) in [7, 11) is 1.32. The molecule has 1 saturated carbocycles. The Bertz CT molecular complexity index is 683. The zero-order chi connectivity index (χ0) is 20.1. The molecule has 150 valence electrons. The molecular formula is C20H29NO6. The minimum atomic E-state index is -0.721. The van der Waals surface area contributed by atoms with E-state index in [-0.39, 0.29) is 28.9 Å². The Hall–Kier alpha value is -2.31. The molecule has 1 aliphatic carbocycles. The van der Waals surface area contributed by atoms with Gasteiger partial charge in [-0.1, -0.05) is 39.5 Å². The molecule has 0 saturated heterocycles. The van der Waals surface area contributed by atoms with Gasteiger partial charge in [0.2, 0.25) is 11.5 Å². The molecule has 0 amide bonds. The van der Waals surface area contributed by atoms with Gasteiger partial charge in [0.25, 0.3) is 0 Å². The maximum Gasteiger partial charge on any atom is 0.309 e. The Morgan fingerprint density at radius 1 is 1.30 bits per heavy atom. The lowest BCUT2D eigenvalue weighted by atomic mass is 9.88. The lowest BCUT2D eigenvalue weighted by Gasteiger charge is -2.26. The van der Waals surface area contributed by atoms with Gasteiger partial charge in [0.05, 0.1) is 13.0 Å². The van der Waals surface area contributed by atoms with Crippen molar-refractivity contribution in [2.75, 3.05) is 7.11 Å². The van der Waals surface area contributed by atoms with Crippen LogP contribution < -0.4 is 9.47 Å². The van der Waals surface area contributed by atoms with Crippen LogP contribution in [0.1, 0.15) is 63.4 Å². The number of nitrogens with zero attached hydrogens (tertiary/aromatic N) is 1. The predicted octanol–water partition coefficient (Wildman–Crippen LogP) is 3.00. The van der Waals surface area contributed by atoms with E-state index in [1.807, 2.05) is 6.92 Å². The summed E-state index contributed by atoms with van der Waals surface area (Å²) in [4.78, 5) is 24.8. The Morgan fingerprint density at radius 2 is 1.93 bits per heavy atom. The van der Waals surface area contributed by atoms with E-state index in [1.165, 1.54) is 26.0 Å². The number of Topliss-reactive ketones (excluding diaryl/α,β-unsaturated/α-hetero) is 1. The third kappa shape index (κ3) is 4.90. The lowest BCUT2D eigenvalue weighted by molar-refractivity contribution is -0.608. The first-order valence-corrected chi connectivity index (χ1v) is 9.49. The number of carbonyl (C=O) groups excluding carboxylic acids is 2. The SMILES string of the molecule is COc1cc[n+]([O-])c(C(=O)C[C@@H](C)C(=O)O[C@@H](C)[C@@H](C)C2CCCC2)c1O. The molecule has 7 heteroatoms. The molecule has 7 nitrogen and oxygen atoms in total. The Kier molecular flexibility index (Phi) is 7.05. The molecule has 1 N–H and O–H groups in total. The monoisotopic (exact) mass is 379 g/mol. The minimum Gasteiger partial charge on any atom is -0.618 e. The number of pyridine rings is 1. The summed E-state index contributed by atoms with van der Waals surface area (Å²) >= 11 is 0. The van der Waals surface area contributed by atoms with Crippen molar-refractivity contribution in [1.29, 1.82) is 0 Å². The molecule has 1 heterocycles. The molecule has 0 unspecified atom stereocenters. The molecule has 27 heavy (non-hydrogen) atoms. The van der Waals surface area contributed by atoms with E-state index in [1.54, 1.807) is 6.92 Å². The van der Waals surface area contributed by atoms with Gasteiger partial charge < -0.3 is 19.8 Å². The molecule has 1 aromatic rings. The van der Waals surface area contributed by atoms with Gasteiger partial charge in [-0.05, 0) is 18.8 Å². The first kappa shape index (κ1) is 21.0. The van der Waals surface area contributed by atoms with Gasteiger partial charge in [-0.15, -0.1) is 0 Å². The van der Waals surface area contributed by atoms with Crippen molar-refractivity contribution in [2.45, 2.75) is 59.0 Å². The van der Waals surface area contributed by atoms with Crippen LogP contribution in [0.4, 0.5) is 0 Å². The highest BCUT2D eigenvalue weighted by Gasteiger charge is 2.32. The van der Waals surface area contributed by atoms with Gasteiger partial charge >= 0.3 is 11.7 Å². The van der Waals surface area contributed by atoms with Crippen LogP contribution in [-0.4, -0.2) is 30.1 Å². The first-order valence-electron chi connectivity index (χ1n) is 9.49. The second-order valence-corrected chi connectivity index (χ2v) is 7.48. The molecule has 1 fully saturated rings. The highest BCUT2D eigenvalue weighted by atomic mass is 16.5. The highest BCUT2D eigenvalue weighted by molar-refractivity contribution is 5.97. The summed E-state index contributed by atoms with van der Waals surface area (Å²) in [5.74, 6) is -1.49. The van der Waals surface area contributed by atoms with Gasteiger partial charge in [-0.2, -0.15) is 4.73 Å². The zero-order valence-corrected chi connectivity index (χ0v) is 16.4. The number of aromatic hydroxyl groups is 1. The third-order valence-electron chi connectivity index (χ3n) is 5.60. The van der Waals surface area contributed by atoms with Gasteiger partial charge in [-0.3, -0.25) is 9.59 Å². The fraction of sp³-hybridized carbons (Fsp3) is 0.650. The average molecular weight is 379 g/mol. The van der Waals surface area contributed by atoms with Gasteiger partial charge in [0, 0.05) is 12.5 Å². The predicted molar refractivity (Wildman–Crippen MR) is 98.4 cm³/mol. The summed E-state index contributed by atoms with van der Waals surface area (Å²) < 4.78 is 10.8. The number of ether oxygens (including phenoxy) is 2. The van der Waals surface area contributed by atoms with E-state index in [4.69, 9.17) is 9.47 Å². The number of rotatable bonds is 8. The fourth-order valence-electron chi connectivity index (χ4n) is 3.66. The summed E-state index contributed by atoms with van der Waals surface area (Å²) in [5.41, 5.74) is -0.429. The van der Waals surface area contributed by atoms with E-state index in [0.717, 1.165) is 19.0 Å². The summed E-state index contributed by atoms with van der Waals surface area (Å²) in [5, 5.41) is 21.9. The zero-order valence-electron chi connectivity index (χ0n) is 16.4. The maximum absolute atomic E-state index is 12.5. The molecule has 0 spiro atoms. The van der Waals surface area contributed by atoms with E-state index in [2.05, 4.69) is 6.92 Å². The van der Waals surface area contributed by atoms with E-state index >= 15 is 0 Å². The van der Waals surface area contributed by atoms with Crippen molar-refractivity contribution < 1.29 is 28.9 Å². The largest absolute Gasteiger partial charge is 0.618 e. The van der Waals surface area contributed by atoms with Crippen LogP contribution in [-0.2, 0) is 9.53 Å². The second-order valence-electron chi connectivity index (χ2n) is 7.48. The van der Waals surface area contributed by atoms with Crippen LogP contribution in [0.25, 0.3) is 0 Å². The number of aromatic nitrogens is 1. The smallest absolute Gasteiger partial charge is 0.309 e. The fourth-order valence-corrected chi connectivity index (χ4v) is 3.66. The Morgan fingerprint density at radius 3 is 2.52 bits per heavy atom. The van der Waals surface area contributed by atoms with Crippen molar-refractivity contribution in [1.82, 2.24) is 0 Å². The molecule has 2 rings (SSSR count). The van der Waals surface area contributed by atoms with Crippen molar-refractivity contribution in [2.24, 2.45) is 17.8 Å². The number of esters is 1. The van der Waals surface area contributed by atoms with Gasteiger partial charge in [0.1, 0.15) is 6.10 Å². The summed E-state index contributed by atoms with van der Waals surface area (Å²) in [6.07, 6.45) is 5.39. The van der Waals surface area contributed by atoms with E-state index < -0.39 is 29.1 Å². The number of carbonyl (C=O) groups is 2. The molecule has 0 aliphatic heterocycles. The van der Waals surface area contributed by atoms with Gasteiger partial charge in [-0.25, -0.2) is 0 Å². The molecule has 1 aromatic heterocycles. The van der Waals surface area contributed by atoms with E-state index in [0.29, 0.717) is 5.92 Å². The second kappa shape index (κ2) is 9.06. The van der Waals surface area contributed by atoms with E-state index in [9.17, 15) is 19.9 Å². The normalized spacial score (nSPS) is 17.9. The van der Waals surface area contributed by atoms with Crippen molar-refractivity contribution in [3.05, 3.63) is 23.2 Å². The number of hydrogen-bond donors (Lipinski definition) is 1. The van der Waals surface area contributed by atoms with Crippen molar-refractivity contribution in [3.63, 3.8) is 0 Å².